The van der Waals surface area contributed by atoms with E-state index in [0.29, 0.717) is 11.1 Å². The van der Waals surface area contributed by atoms with Crippen LogP contribution in [-0.4, -0.2) is 37.4 Å². The van der Waals surface area contributed by atoms with E-state index in [4.69, 9.17) is 4.74 Å². The van der Waals surface area contributed by atoms with Crippen molar-refractivity contribution in [3.8, 4) is 6.07 Å². The highest BCUT2D eigenvalue weighted by Gasteiger charge is 2.18. The third-order valence-corrected chi connectivity index (χ3v) is 4.12. The Hall–Kier alpha value is -3.99. The van der Waals surface area contributed by atoms with Gasteiger partial charge in [-0.3, -0.25) is 14.9 Å². The molecule has 0 heterocycles. The maximum absolute atomic E-state index is 12.2. The lowest BCUT2D eigenvalue weighted by molar-refractivity contribution is -0.385. The molecule has 0 bridgehead atoms. The van der Waals surface area contributed by atoms with Crippen LogP contribution in [0.2, 0.25) is 0 Å². The summed E-state index contributed by atoms with van der Waals surface area (Å²) >= 11 is 0. The van der Waals surface area contributed by atoms with Gasteiger partial charge in [0.2, 0.25) is 5.78 Å². The molecule has 2 aromatic carbocycles. The number of carbonyl (C=O) groups excluding carboxylic acids is 2. The molecular weight excluding hydrogens is 374 g/mol. The fourth-order valence-electron chi connectivity index (χ4n) is 2.44. The molecule has 0 radical (unpaired) electrons. The summed E-state index contributed by atoms with van der Waals surface area (Å²) in [7, 11) is 3.78. The minimum absolute atomic E-state index is 0.0526. The third-order valence-electron chi connectivity index (χ3n) is 4.12. The fourth-order valence-corrected chi connectivity index (χ4v) is 2.44. The van der Waals surface area contributed by atoms with E-state index in [0.717, 1.165) is 11.8 Å². The first-order valence-corrected chi connectivity index (χ1v) is 8.57. The molecule has 0 aliphatic heterocycles. The van der Waals surface area contributed by atoms with Crippen molar-refractivity contribution < 1.29 is 19.2 Å². The van der Waals surface area contributed by atoms with E-state index in [1.165, 1.54) is 18.2 Å². The van der Waals surface area contributed by atoms with Crippen LogP contribution in [0.5, 0.6) is 0 Å². The van der Waals surface area contributed by atoms with E-state index < -0.39 is 23.3 Å². The zero-order valence-electron chi connectivity index (χ0n) is 16.2. The molecule has 0 N–H and O–H groups in total. The molecular formula is C21H19N3O5. The van der Waals surface area contributed by atoms with Gasteiger partial charge in [0.05, 0.1) is 4.92 Å². The molecule has 148 valence electrons. The van der Waals surface area contributed by atoms with Gasteiger partial charge in [-0.25, -0.2) is 4.79 Å². The van der Waals surface area contributed by atoms with E-state index in [-0.39, 0.29) is 16.8 Å². The van der Waals surface area contributed by atoms with Gasteiger partial charge >= 0.3 is 5.97 Å². The summed E-state index contributed by atoms with van der Waals surface area (Å²) in [6.45, 7) is 0.930. The predicted molar refractivity (Wildman–Crippen MR) is 107 cm³/mol. The van der Waals surface area contributed by atoms with E-state index in [1.807, 2.05) is 31.1 Å². The Kier molecular flexibility index (Phi) is 6.82. The third kappa shape index (κ3) is 5.49. The average Bonchev–Trinajstić information content (AvgIpc) is 2.70. The molecule has 8 heteroatoms. The van der Waals surface area contributed by atoms with Gasteiger partial charge < -0.3 is 9.64 Å². The van der Waals surface area contributed by atoms with E-state index in [9.17, 15) is 25.0 Å². The number of Topliss-reactive ketones (excluding diaryl/α,β-unsaturated/α-hetero) is 1. The summed E-state index contributed by atoms with van der Waals surface area (Å²) in [5, 5.41) is 20.2. The summed E-state index contributed by atoms with van der Waals surface area (Å²) < 4.78 is 4.92. The molecule has 0 unspecified atom stereocenters. The van der Waals surface area contributed by atoms with Gasteiger partial charge in [0.15, 0.2) is 6.61 Å². The van der Waals surface area contributed by atoms with Crippen molar-refractivity contribution in [1.29, 1.82) is 5.26 Å². The Bertz CT molecular complexity index is 1020. The quantitative estimate of drug-likeness (QED) is 0.177. The second kappa shape index (κ2) is 9.28. The number of benzene rings is 2. The highest BCUT2D eigenvalue weighted by atomic mass is 16.6. The van der Waals surface area contributed by atoms with E-state index in [1.54, 1.807) is 25.1 Å². The Morgan fingerprint density at radius 3 is 2.41 bits per heavy atom. The zero-order valence-corrected chi connectivity index (χ0v) is 16.2. The molecule has 0 aliphatic carbocycles. The number of hydrogen-bond acceptors (Lipinski definition) is 7. The number of rotatable bonds is 7. The van der Waals surface area contributed by atoms with Gasteiger partial charge in [-0.2, -0.15) is 5.26 Å². The van der Waals surface area contributed by atoms with Crippen LogP contribution in [-0.2, 0) is 9.53 Å². The molecule has 0 atom stereocenters. The first-order valence-electron chi connectivity index (χ1n) is 8.57. The summed E-state index contributed by atoms with van der Waals surface area (Å²) in [4.78, 5) is 36.6. The van der Waals surface area contributed by atoms with Gasteiger partial charge in [-0.1, -0.05) is 24.3 Å². The van der Waals surface area contributed by atoms with Crippen molar-refractivity contribution in [3.63, 3.8) is 0 Å². The van der Waals surface area contributed by atoms with Crippen molar-refractivity contribution in [1.82, 2.24) is 0 Å². The Morgan fingerprint density at radius 2 is 1.86 bits per heavy atom. The standard InChI is InChI=1S/C21H19N3O5/c1-14-4-7-16(11-19(14)24(27)28)20(25)13-29-21(26)17(12-22)10-15-5-8-18(9-6-15)23(2)3/h4-11H,13H2,1-3H3/b17-10+. The monoisotopic (exact) mass is 393 g/mol. The number of hydrogen-bond donors (Lipinski definition) is 0. The van der Waals surface area contributed by atoms with Crippen LogP contribution in [0, 0.1) is 28.4 Å². The van der Waals surface area contributed by atoms with Crippen LogP contribution in [0.4, 0.5) is 11.4 Å². The number of nitriles is 1. The number of nitro groups is 1. The molecule has 29 heavy (non-hydrogen) atoms. The summed E-state index contributed by atoms with van der Waals surface area (Å²) in [6, 6.07) is 12.9. The number of esters is 1. The summed E-state index contributed by atoms with van der Waals surface area (Å²) in [5.74, 6) is -1.55. The van der Waals surface area contributed by atoms with Gasteiger partial charge in [0.1, 0.15) is 11.6 Å². The molecule has 0 saturated heterocycles. The van der Waals surface area contributed by atoms with Crippen LogP contribution in [0.1, 0.15) is 21.5 Å². The number of nitrogens with zero attached hydrogens (tertiary/aromatic N) is 3. The number of ether oxygens (including phenoxy) is 1. The van der Waals surface area contributed by atoms with Crippen molar-refractivity contribution >= 4 is 29.2 Å². The number of nitro benzene ring substituents is 1. The second-order valence-electron chi connectivity index (χ2n) is 6.41. The number of carbonyl (C=O) groups is 2. The maximum Gasteiger partial charge on any atom is 0.349 e. The van der Waals surface area contributed by atoms with Crippen LogP contribution in [0.25, 0.3) is 6.08 Å². The van der Waals surface area contributed by atoms with E-state index >= 15 is 0 Å². The molecule has 0 fully saturated rings. The van der Waals surface area contributed by atoms with Crippen LogP contribution in [0.15, 0.2) is 48.0 Å². The SMILES string of the molecule is Cc1ccc(C(=O)COC(=O)/C(C#N)=C/c2ccc(N(C)C)cc2)cc1[N+](=O)[O-]. The maximum atomic E-state index is 12.2. The minimum Gasteiger partial charge on any atom is -0.453 e. The Balaban J connectivity index is 2.08. The van der Waals surface area contributed by atoms with Crippen LogP contribution >= 0.6 is 0 Å². The number of ketones is 1. The van der Waals surface area contributed by atoms with Crippen molar-refractivity contribution in [3.05, 3.63) is 74.8 Å². The van der Waals surface area contributed by atoms with Gasteiger partial charge in [0.25, 0.3) is 5.69 Å². The summed E-state index contributed by atoms with van der Waals surface area (Å²) in [6.07, 6.45) is 1.36. The minimum atomic E-state index is -0.945. The molecule has 0 aliphatic rings. The lowest BCUT2D eigenvalue weighted by Gasteiger charge is -2.11. The number of anilines is 1. The molecule has 0 saturated carbocycles. The average molecular weight is 393 g/mol. The van der Waals surface area contributed by atoms with Gasteiger partial charge in [-0.15, -0.1) is 0 Å². The van der Waals surface area contributed by atoms with Gasteiger partial charge in [-0.05, 0) is 30.7 Å². The molecule has 2 rings (SSSR count). The largest absolute Gasteiger partial charge is 0.453 e. The fraction of sp³-hybridized carbons (Fsp3) is 0.190. The normalized spacial score (nSPS) is 10.8. The molecule has 0 aromatic heterocycles. The highest BCUT2D eigenvalue weighted by Crippen LogP contribution is 2.20. The topological polar surface area (TPSA) is 114 Å². The van der Waals surface area contributed by atoms with E-state index in [2.05, 4.69) is 0 Å². The zero-order chi connectivity index (χ0) is 21.6. The lowest BCUT2D eigenvalue weighted by Crippen LogP contribution is -2.15. The molecule has 0 amide bonds. The highest BCUT2D eigenvalue weighted by molar-refractivity contribution is 6.02. The van der Waals surface area contributed by atoms with Crippen LogP contribution < -0.4 is 4.90 Å². The lowest BCUT2D eigenvalue weighted by atomic mass is 10.1. The Labute approximate surface area is 167 Å². The van der Waals surface area contributed by atoms with Crippen molar-refractivity contribution in [2.24, 2.45) is 0 Å². The summed E-state index contributed by atoms with van der Waals surface area (Å²) in [5.41, 5.74) is 1.60. The molecule has 2 aromatic rings. The number of aryl methyl sites for hydroxylation is 1. The molecule has 0 spiro atoms. The van der Waals surface area contributed by atoms with Crippen molar-refractivity contribution in [2.45, 2.75) is 6.92 Å². The smallest absolute Gasteiger partial charge is 0.349 e. The predicted octanol–water partition coefficient (Wildman–Crippen LogP) is 3.30. The second-order valence-corrected chi connectivity index (χ2v) is 6.41. The Morgan fingerprint density at radius 1 is 1.21 bits per heavy atom. The first kappa shape index (κ1) is 21.3. The first-order chi connectivity index (χ1) is 13.7. The van der Waals surface area contributed by atoms with Crippen molar-refractivity contribution in [2.75, 3.05) is 25.6 Å². The molecule has 8 nitrogen and oxygen atoms in total. The van der Waals surface area contributed by atoms with Crippen LogP contribution in [0.3, 0.4) is 0 Å². The van der Waals surface area contributed by atoms with Gasteiger partial charge in [0, 0.05) is 37.0 Å².